The molecule has 5 nitrogen and oxygen atoms in total. The predicted molar refractivity (Wildman–Crippen MR) is 77.6 cm³/mol. The van der Waals surface area contributed by atoms with Crippen LogP contribution in [0.4, 0.5) is 10.5 Å². The molecule has 0 bridgehead atoms. The van der Waals surface area contributed by atoms with Crippen molar-refractivity contribution in [3.8, 4) is 0 Å². The molecule has 0 aromatic heterocycles. The minimum Gasteiger partial charge on any atom is -0.480 e. The first kappa shape index (κ1) is 15.8. The monoisotopic (exact) mass is 348 g/mol. The van der Waals surface area contributed by atoms with E-state index in [1.54, 1.807) is 32.0 Å². The summed E-state index contributed by atoms with van der Waals surface area (Å²) < 4.78 is 0.755. The number of aliphatic carboxylic acids is 1. The zero-order chi connectivity index (χ0) is 14.6. The Labute approximate surface area is 124 Å². The smallest absolute Gasteiger partial charge is 0.326 e. The zero-order valence-electron chi connectivity index (χ0n) is 10.4. The van der Waals surface area contributed by atoms with Gasteiger partial charge in [0, 0.05) is 4.47 Å². The van der Waals surface area contributed by atoms with Gasteiger partial charge in [0.2, 0.25) is 0 Å². The van der Waals surface area contributed by atoms with Gasteiger partial charge in [0.1, 0.15) is 6.04 Å². The maximum absolute atomic E-state index is 11.7. The summed E-state index contributed by atoms with van der Waals surface area (Å²) in [5, 5.41) is 14.3. The summed E-state index contributed by atoms with van der Waals surface area (Å²) >= 11 is 9.18. The van der Waals surface area contributed by atoms with Crippen molar-refractivity contribution in [3.63, 3.8) is 0 Å². The van der Waals surface area contributed by atoms with E-state index < -0.39 is 18.0 Å². The molecular weight excluding hydrogens is 336 g/mol. The van der Waals surface area contributed by atoms with E-state index in [1.165, 1.54) is 0 Å². The molecule has 0 heterocycles. The van der Waals surface area contributed by atoms with E-state index in [0.29, 0.717) is 10.7 Å². The van der Waals surface area contributed by atoms with Crippen molar-refractivity contribution in [2.75, 3.05) is 5.32 Å². The summed E-state index contributed by atoms with van der Waals surface area (Å²) in [5.74, 6) is -1.30. The number of urea groups is 1. The fourth-order valence-electron chi connectivity index (χ4n) is 1.41. The van der Waals surface area contributed by atoms with Crippen LogP contribution in [0, 0.1) is 5.92 Å². The van der Waals surface area contributed by atoms with Crippen LogP contribution in [0.15, 0.2) is 22.7 Å². The Bertz CT molecular complexity index is 494. The lowest BCUT2D eigenvalue weighted by Gasteiger charge is -2.18. The highest BCUT2D eigenvalue weighted by Gasteiger charge is 2.23. The maximum atomic E-state index is 11.7. The average molecular weight is 350 g/mol. The molecule has 7 heteroatoms. The van der Waals surface area contributed by atoms with Crippen LogP contribution in [0.1, 0.15) is 13.8 Å². The normalized spacial score (nSPS) is 12.1. The summed E-state index contributed by atoms with van der Waals surface area (Å²) in [6.07, 6.45) is 0. The fourth-order valence-corrected chi connectivity index (χ4v) is 1.93. The van der Waals surface area contributed by atoms with Gasteiger partial charge in [0.25, 0.3) is 0 Å². The third kappa shape index (κ3) is 4.72. The second-order valence-electron chi connectivity index (χ2n) is 4.28. The van der Waals surface area contributed by atoms with E-state index in [4.69, 9.17) is 16.7 Å². The number of anilines is 1. The Balaban J connectivity index is 2.74. The molecule has 1 atom stereocenters. The standard InChI is InChI=1S/C12H14BrClN2O3/c1-6(2)10(11(17)18)16-12(19)15-9-5-7(13)3-4-8(9)14/h3-6,10H,1-2H3,(H,17,18)(H2,15,16,19). The molecule has 1 aromatic rings. The number of rotatable bonds is 4. The lowest BCUT2D eigenvalue weighted by atomic mass is 10.1. The molecule has 0 saturated heterocycles. The molecule has 1 rings (SSSR count). The SMILES string of the molecule is CC(C)C(NC(=O)Nc1cc(Br)ccc1Cl)C(=O)O. The Hall–Kier alpha value is -1.27. The van der Waals surface area contributed by atoms with Gasteiger partial charge < -0.3 is 15.7 Å². The number of amides is 2. The number of hydrogen-bond donors (Lipinski definition) is 3. The van der Waals surface area contributed by atoms with E-state index in [0.717, 1.165) is 4.47 Å². The molecule has 1 aromatic carbocycles. The van der Waals surface area contributed by atoms with E-state index in [1.807, 2.05) is 0 Å². The van der Waals surface area contributed by atoms with Crippen molar-refractivity contribution in [1.29, 1.82) is 0 Å². The minimum absolute atomic E-state index is 0.221. The molecule has 0 aliphatic heterocycles. The number of carboxylic acids is 1. The van der Waals surface area contributed by atoms with Gasteiger partial charge in [-0.25, -0.2) is 9.59 Å². The van der Waals surface area contributed by atoms with Gasteiger partial charge in [-0.05, 0) is 24.1 Å². The Morgan fingerprint density at radius 3 is 2.53 bits per heavy atom. The first-order valence-corrected chi connectivity index (χ1v) is 6.73. The summed E-state index contributed by atoms with van der Waals surface area (Å²) in [4.78, 5) is 22.7. The molecule has 19 heavy (non-hydrogen) atoms. The number of halogens is 2. The van der Waals surface area contributed by atoms with Crippen LogP contribution in [-0.2, 0) is 4.79 Å². The summed E-state index contributed by atoms with van der Waals surface area (Å²) in [6.45, 7) is 3.43. The Morgan fingerprint density at radius 1 is 1.37 bits per heavy atom. The van der Waals surface area contributed by atoms with Gasteiger partial charge >= 0.3 is 12.0 Å². The molecule has 104 valence electrons. The minimum atomic E-state index is -1.08. The number of nitrogens with one attached hydrogen (secondary N) is 2. The largest absolute Gasteiger partial charge is 0.480 e. The third-order valence-corrected chi connectivity index (χ3v) is 3.22. The number of hydrogen-bond acceptors (Lipinski definition) is 2. The fraction of sp³-hybridized carbons (Fsp3) is 0.333. The van der Waals surface area contributed by atoms with Crippen LogP contribution in [0.2, 0.25) is 5.02 Å². The highest BCUT2D eigenvalue weighted by molar-refractivity contribution is 9.10. The van der Waals surface area contributed by atoms with Gasteiger partial charge in [-0.15, -0.1) is 0 Å². The number of benzene rings is 1. The highest BCUT2D eigenvalue weighted by Crippen LogP contribution is 2.25. The molecular formula is C12H14BrClN2O3. The van der Waals surface area contributed by atoms with E-state index in [2.05, 4.69) is 26.6 Å². The first-order chi connectivity index (χ1) is 8.81. The summed E-state index contributed by atoms with van der Waals surface area (Å²) in [7, 11) is 0. The Morgan fingerprint density at radius 2 is 2.00 bits per heavy atom. The van der Waals surface area contributed by atoms with Gasteiger partial charge in [0.15, 0.2) is 0 Å². The van der Waals surface area contributed by atoms with Crippen LogP contribution in [0.25, 0.3) is 0 Å². The summed E-state index contributed by atoms with van der Waals surface area (Å²) in [5.41, 5.74) is 0.404. The average Bonchev–Trinajstić information content (AvgIpc) is 2.30. The van der Waals surface area contributed by atoms with Gasteiger partial charge in [-0.3, -0.25) is 0 Å². The van der Waals surface area contributed by atoms with Gasteiger partial charge in [0.05, 0.1) is 10.7 Å². The Kier molecular flexibility index (Phi) is 5.62. The molecule has 0 spiro atoms. The van der Waals surface area contributed by atoms with Crippen molar-refractivity contribution in [2.45, 2.75) is 19.9 Å². The van der Waals surface area contributed by atoms with Crippen LogP contribution >= 0.6 is 27.5 Å². The second kappa shape index (κ2) is 6.77. The van der Waals surface area contributed by atoms with Gasteiger partial charge in [-0.1, -0.05) is 41.4 Å². The zero-order valence-corrected chi connectivity index (χ0v) is 12.7. The maximum Gasteiger partial charge on any atom is 0.326 e. The molecule has 0 aliphatic carbocycles. The number of carbonyl (C=O) groups excluding carboxylic acids is 1. The third-order valence-electron chi connectivity index (χ3n) is 2.40. The van der Waals surface area contributed by atoms with Crippen molar-refractivity contribution < 1.29 is 14.7 Å². The summed E-state index contributed by atoms with van der Waals surface area (Å²) in [6, 6.07) is 3.43. The molecule has 1 unspecified atom stereocenters. The predicted octanol–water partition coefficient (Wildman–Crippen LogP) is 3.33. The van der Waals surface area contributed by atoms with Crippen molar-refractivity contribution >= 4 is 45.2 Å². The topological polar surface area (TPSA) is 78.4 Å². The van der Waals surface area contributed by atoms with Crippen molar-refractivity contribution in [1.82, 2.24) is 5.32 Å². The molecule has 0 saturated carbocycles. The number of carboxylic acid groups (broad SMARTS) is 1. The molecule has 0 aliphatic rings. The van der Waals surface area contributed by atoms with Gasteiger partial charge in [-0.2, -0.15) is 0 Å². The van der Waals surface area contributed by atoms with Crippen molar-refractivity contribution in [2.24, 2.45) is 5.92 Å². The lowest BCUT2D eigenvalue weighted by Crippen LogP contribution is -2.46. The quantitative estimate of drug-likeness (QED) is 0.780. The van der Waals surface area contributed by atoms with E-state index in [-0.39, 0.29) is 5.92 Å². The lowest BCUT2D eigenvalue weighted by molar-refractivity contribution is -0.140. The molecule has 2 amide bonds. The second-order valence-corrected chi connectivity index (χ2v) is 5.61. The van der Waals surface area contributed by atoms with E-state index in [9.17, 15) is 9.59 Å². The van der Waals surface area contributed by atoms with Crippen LogP contribution < -0.4 is 10.6 Å². The number of carbonyl (C=O) groups is 2. The molecule has 3 N–H and O–H groups in total. The van der Waals surface area contributed by atoms with Crippen molar-refractivity contribution in [3.05, 3.63) is 27.7 Å². The van der Waals surface area contributed by atoms with E-state index >= 15 is 0 Å². The molecule has 0 radical (unpaired) electrons. The van der Waals surface area contributed by atoms with Crippen LogP contribution in [0.3, 0.4) is 0 Å². The first-order valence-electron chi connectivity index (χ1n) is 5.56. The highest BCUT2D eigenvalue weighted by atomic mass is 79.9. The van der Waals surface area contributed by atoms with Crippen LogP contribution in [0.5, 0.6) is 0 Å². The van der Waals surface area contributed by atoms with Crippen LogP contribution in [-0.4, -0.2) is 23.1 Å². The molecule has 0 fully saturated rings.